The average Bonchev–Trinajstić information content (AvgIpc) is 3.12. The Labute approximate surface area is 155 Å². The Morgan fingerprint density at radius 3 is 2.74 bits per heavy atom. The first-order valence-electron chi connectivity index (χ1n) is 8.52. The highest BCUT2D eigenvalue weighted by molar-refractivity contribution is 6.05. The van der Waals surface area contributed by atoms with Gasteiger partial charge in [-0.05, 0) is 48.5 Å². The van der Waals surface area contributed by atoms with Crippen LogP contribution in [0.25, 0.3) is 0 Å². The molecule has 1 aliphatic rings. The highest BCUT2D eigenvalue weighted by Gasteiger charge is 2.27. The van der Waals surface area contributed by atoms with E-state index in [9.17, 15) is 9.18 Å². The summed E-state index contributed by atoms with van der Waals surface area (Å²) in [6.45, 7) is 1.50. The van der Waals surface area contributed by atoms with Crippen molar-refractivity contribution in [2.45, 2.75) is 13.1 Å². The molecule has 0 saturated carbocycles. The lowest BCUT2D eigenvalue weighted by Crippen LogP contribution is -2.40. The van der Waals surface area contributed by atoms with Gasteiger partial charge < -0.3 is 10.2 Å². The van der Waals surface area contributed by atoms with E-state index in [1.54, 1.807) is 39.9 Å². The minimum absolute atomic E-state index is 0.155. The quantitative estimate of drug-likeness (QED) is 0.775. The van der Waals surface area contributed by atoms with Crippen LogP contribution in [0.3, 0.4) is 0 Å². The Kier molecular flexibility index (Phi) is 4.30. The van der Waals surface area contributed by atoms with Gasteiger partial charge in [0.1, 0.15) is 11.5 Å². The lowest BCUT2D eigenvalue weighted by molar-refractivity contribution is 0.0962. The number of aromatic nitrogens is 2. The summed E-state index contributed by atoms with van der Waals surface area (Å²) >= 11 is 0. The van der Waals surface area contributed by atoms with E-state index in [-0.39, 0.29) is 11.7 Å². The van der Waals surface area contributed by atoms with Crippen molar-refractivity contribution in [3.8, 4) is 6.07 Å². The number of rotatable bonds is 4. The largest absolute Gasteiger partial charge is 0.379 e. The summed E-state index contributed by atoms with van der Waals surface area (Å²) in [4.78, 5) is 14.4. The predicted octanol–water partition coefficient (Wildman–Crippen LogP) is 3.17. The van der Waals surface area contributed by atoms with Crippen LogP contribution in [-0.2, 0) is 13.1 Å². The van der Waals surface area contributed by atoms with Gasteiger partial charge in [-0.25, -0.2) is 4.39 Å². The number of hydrogen-bond donors (Lipinski definition) is 1. The van der Waals surface area contributed by atoms with Gasteiger partial charge in [0, 0.05) is 17.9 Å². The van der Waals surface area contributed by atoms with Gasteiger partial charge in [0.2, 0.25) is 0 Å². The summed E-state index contributed by atoms with van der Waals surface area (Å²) in [7, 11) is 0. The Hall–Kier alpha value is -3.66. The van der Waals surface area contributed by atoms with Crippen LogP contribution >= 0.6 is 0 Å². The summed E-state index contributed by atoms with van der Waals surface area (Å²) in [5, 5.41) is 16.7. The zero-order valence-corrected chi connectivity index (χ0v) is 14.4. The summed E-state index contributed by atoms with van der Waals surface area (Å²) in [5.41, 5.74) is 3.31. The maximum absolute atomic E-state index is 13.1. The van der Waals surface area contributed by atoms with Gasteiger partial charge in [0.25, 0.3) is 5.91 Å². The van der Waals surface area contributed by atoms with Crippen molar-refractivity contribution in [1.29, 1.82) is 5.26 Å². The number of anilines is 2. The van der Waals surface area contributed by atoms with Crippen LogP contribution < -0.4 is 10.2 Å². The van der Waals surface area contributed by atoms with E-state index in [1.807, 2.05) is 12.1 Å². The smallest absolute Gasteiger partial charge is 0.276 e. The molecule has 0 aliphatic carbocycles. The van der Waals surface area contributed by atoms with Crippen LogP contribution in [0, 0.1) is 17.1 Å². The molecule has 134 valence electrons. The Morgan fingerprint density at radius 1 is 1.15 bits per heavy atom. The standard InChI is InChI=1S/C20H16FN5O/c21-15-4-6-18(7-5-15)25-8-9-26-19(20(25)27)11-17(24-26)13-23-16-3-1-2-14(10-16)12-22/h1-7,10-11,23H,8-9,13H2. The molecule has 0 radical (unpaired) electrons. The number of nitriles is 1. The number of nitrogens with zero attached hydrogens (tertiary/aromatic N) is 4. The topological polar surface area (TPSA) is 74.0 Å². The predicted molar refractivity (Wildman–Crippen MR) is 98.8 cm³/mol. The van der Waals surface area contributed by atoms with Crippen LogP contribution in [-0.4, -0.2) is 22.2 Å². The van der Waals surface area contributed by atoms with Gasteiger partial charge in [0.15, 0.2) is 0 Å². The molecule has 3 aromatic rings. The second-order valence-electron chi connectivity index (χ2n) is 6.22. The number of carbonyl (C=O) groups excluding carboxylic acids is 1. The third-order valence-corrected chi connectivity index (χ3v) is 4.43. The number of carbonyl (C=O) groups is 1. The summed E-state index contributed by atoms with van der Waals surface area (Å²) < 4.78 is 14.8. The minimum atomic E-state index is -0.331. The van der Waals surface area contributed by atoms with Crippen molar-refractivity contribution in [1.82, 2.24) is 9.78 Å². The van der Waals surface area contributed by atoms with E-state index in [2.05, 4.69) is 16.5 Å². The SMILES string of the molecule is N#Cc1cccc(NCc2cc3n(n2)CCN(c2ccc(F)cc2)C3=O)c1. The number of halogens is 1. The van der Waals surface area contributed by atoms with E-state index in [1.165, 1.54) is 12.1 Å². The summed E-state index contributed by atoms with van der Waals surface area (Å²) in [6, 6.07) is 16.9. The van der Waals surface area contributed by atoms with E-state index >= 15 is 0 Å². The number of benzene rings is 2. The maximum Gasteiger partial charge on any atom is 0.276 e. The number of nitrogens with one attached hydrogen (secondary N) is 1. The van der Waals surface area contributed by atoms with E-state index in [0.29, 0.717) is 36.6 Å². The molecule has 27 heavy (non-hydrogen) atoms. The van der Waals surface area contributed by atoms with Crippen LogP contribution in [0.4, 0.5) is 15.8 Å². The van der Waals surface area contributed by atoms with E-state index < -0.39 is 0 Å². The molecule has 0 unspecified atom stereocenters. The van der Waals surface area contributed by atoms with Crippen molar-refractivity contribution >= 4 is 17.3 Å². The fourth-order valence-electron chi connectivity index (χ4n) is 3.09. The van der Waals surface area contributed by atoms with Crippen molar-refractivity contribution in [3.63, 3.8) is 0 Å². The first kappa shape index (κ1) is 16.8. The van der Waals surface area contributed by atoms with Crippen molar-refractivity contribution in [2.75, 3.05) is 16.8 Å². The highest BCUT2D eigenvalue weighted by atomic mass is 19.1. The van der Waals surface area contributed by atoms with Crippen LogP contribution in [0.15, 0.2) is 54.6 Å². The summed E-state index contributed by atoms with van der Waals surface area (Å²) in [6.07, 6.45) is 0. The van der Waals surface area contributed by atoms with Crippen molar-refractivity contribution in [2.24, 2.45) is 0 Å². The zero-order valence-electron chi connectivity index (χ0n) is 14.4. The molecular weight excluding hydrogens is 345 g/mol. The lowest BCUT2D eigenvalue weighted by Gasteiger charge is -2.27. The fourth-order valence-corrected chi connectivity index (χ4v) is 3.09. The first-order chi connectivity index (χ1) is 13.1. The monoisotopic (exact) mass is 361 g/mol. The zero-order chi connectivity index (χ0) is 18.8. The van der Waals surface area contributed by atoms with Crippen LogP contribution in [0.5, 0.6) is 0 Å². The van der Waals surface area contributed by atoms with E-state index in [4.69, 9.17) is 5.26 Å². The second-order valence-corrected chi connectivity index (χ2v) is 6.22. The van der Waals surface area contributed by atoms with Gasteiger partial charge in [0.05, 0.1) is 30.4 Å². The molecule has 1 aromatic heterocycles. The molecule has 0 spiro atoms. The second kappa shape index (κ2) is 6.92. The normalized spacial score (nSPS) is 13.2. The van der Waals surface area contributed by atoms with Gasteiger partial charge in [-0.15, -0.1) is 0 Å². The maximum atomic E-state index is 13.1. The number of fused-ring (bicyclic) bond motifs is 1. The molecule has 2 aromatic carbocycles. The fraction of sp³-hybridized carbons (Fsp3) is 0.150. The molecule has 4 rings (SSSR count). The molecule has 6 nitrogen and oxygen atoms in total. The molecule has 0 fully saturated rings. The molecule has 0 atom stereocenters. The minimum Gasteiger partial charge on any atom is -0.379 e. The molecule has 7 heteroatoms. The number of hydrogen-bond acceptors (Lipinski definition) is 4. The van der Waals surface area contributed by atoms with Crippen LogP contribution in [0.2, 0.25) is 0 Å². The van der Waals surface area contributed by atoms with Gasteiger partial charge in [-0.1, -0.05) is 6.07 Å². The highest BCUT2D eigenvalue weighted by Crippen LogP contribution is 2.22. The average molecular weight is 361 g/mol. The molecular formula is C20H16FN5O. The van der Waals surface area contributed by atoms with Gasteiger partial charge in [-0.3, -0.25) is 9.48 Å². The van der Waals surface area contributed by atoms with Gasteiger partial charge in [-0.2, -0.15) is 10.4 Å². The molecule has 1 amide bonds. The Morgan fingerprint density at radius 2 is 1.96 bits per heavy atom. The Balaban J connectivity index is 1.50. The molecule has 2 heterocycles. The lowest BCUT2D eigenvalue weighted by atomic mass is 10.2. The third-order valence-electron chi connectivity index (χ3n) is 4.43. The summed E-state index contributed by atoms with van der Waals surface area (Å²) in [5.74, 6) is -0.486. The molecule has 1 N–H and O–H groups in total. The number of amides is 1. The van der Waals surface area contributed by atoms with Crippen LogP contribution in [0.1, 0.15) is 21.7 Å². The molecule has 1 aliphatic heterocycles. The van der Waals surface area contributed by atoms with Crippen molar-refractivity contribution in [3.05, 3.63) is 77.4 Å². The van der Waals surface area contributed by atoms with Crippen molar-refractivity contribution < 1.29 is 9.18 Å². The molecule has 0 bridgehead atoms. The first-order valence-corrected chi connectivity index (χ1v) is 8.52. The Bertz CT molecular complexity index is 1040. The molecule has 0 saturated heterocycles. The third kappa shape index (κ3) is 3.37. The van der Waals surface area contributed by atoms with E-state index in [0.717, 1.165) is 11.4 Å². The van der Waals surface area contributed by atoms with Gasteiger partial charge >= 0.3 is 0 Å².